The molecule has 0 aromatic heterocycles. The molecule has 2 aliphatic rings. The maximum absolute atomic E-state index is 14.2. The molecule has 0 bridgehead atoms. The molecule has 4 amide bonds. The maximum Gasteiger partial charge on any atom is 0.410 e. The molecule has 2 aliphatic heterocycles. The highest BCUT2D eigenvalue weighted by Crippen LogP contribution is 2.40. The van der Waals surface area contributed by atoms with E-state index in [-0.39, 0.29) is 55.8 Å². The van der Waals surface area contributed by atoms with Gasteiger partial charge in [0.2, 0.25) is 0 Å². The fraction of sp³-hybridized carbons (Fsp3) is 0.645. The zero-order valence-corrected chi connectivity index (χ0v) is 26.7. The van der Waals surface area contributed by atoms with Crippen molar-refractivity contribution in [3.8, 4) is 5.75 Å². The summed E-state index contributed by atoms with van der Waals surface area (Å²) in [5.74, 6) is -1.89. The summed E-state index contributed by atoms with van der Waals surface area (Å²) in [6.07, 6.45) is -1.76. The van der Waals surface area contributed by atoms with Crippen molar-refractivity contribution < 1.29 is 42.2 Å². The van der Waals surface area contributed by atoms with Gasteiger partial charge in [-0.3, -0.25) is 14.4 Å². The largest absolute Gasteiger partial charge is 0.476 e. The average molecular weight is 623 g/mol. The van der Waals surface area contributed by atoms with Crippen LogP contribution in [0.2, 0.25) is 0 Å². The molecule has 1 fully saturated rings. The normalized spacial score (nSPS) is 19.8. The molecule has 1 N–H and O–H groups in total. The van der Waals surface area contributed by atoms with Crippen LogP contribution in [0.3, 0.4) is 0 Å². The monoisotopic (exact) mass is 622 g/mol. The first kappa shape index (κ1) is 34.7. The summed E-state index contributed by atoms with van der Waals surface area (Å²) in [7, 11) is 0. The molecule has 44 heavy (non-hydrogen) atoms. The fourth-order valence-electron chi connectivity index (χ4n) is 5.63. The van der Waals surface area contributed by atoms with E-state index >= 15 is 0 Å². The van der Waals surface area contributed by atoms with Crippen molar-refractivity contribution in [2.24, 2.45) is 0 Å². The summed E-state index contributed by atoms with van der Waals surface area (Å²) in [4.78, 5) is 68.1. The van der Waals surface area contributed by atoms with Gasteiger partial charge in [0.05, 0.1) is 11.7 Å². The quantitative estimate of drug-likeness (QED) is 0.412. The first-order valence-electron chi connectivity index (χ1n) is 14.8. The molecule has 11 nitrogen and oxygen atoms in total. The molecule has 13 heteroatoms. The summed E-state index contributed by atoms with van der Waals surface area (Å²) in [5.41, 5.74) is -0.843. The lowest BCUT2D eigenvalue weighted by atomic mass is 9.93. The molecule has 244 valence electrons. The second kappa shape index (κ2) is 13.5. The van der Waals surface area contributed by atoms with Crippen LogP contribution in [0.5, 0.6) is 5.75 Å². The highest BCUT2D eigenvalue weighted by atomic mass is 19.3. The molecule has 1 aromatic rings. The number of fused-ring (bicyclic) bond motifs is 1. The highest BCUT2D eigenvalue weighted by Gasteiger charge is 2.43. The van der Waals surface area contributed by atoms with Crippen LogP contribution in [0, 0.1) is 6.92 Å². The Morgan fingerprint density at radius 2 is 1.86 bits per heavy atom. The zero-order chi connectivity index (χ0) is 33.1. The van der Waals surface area contributed by atoms with Crippen LogP contribution in [0.1, 0.15) is 83.7 Å². The lowest BCUT2D eigenvalue weighted by Gasteiger charge is -2.45. The minimum absolute atomic E-state index is 0.118. The Kier molecular flexibility index (Phi) is 10.6. The number of carbonyl (C=O) groups is 5. The van der Waals surface area contributed by atoms with Crippen molar-refractivity contribution in [1.82, 2.24) is 15.1 Å². The SMILES string of the molecule is Cc1cc2c(cc1C(=O)N(C(C)C)[C@@H]1CC[C@H](CC=O)N(C(=O)OC(C)(C)C)C1)N(CCNC(=O)C(F)F)C(=O)C(C)(C)O2. The third-order valence-electron chi connectivity index (χ3n) is 7.65. The third-order valence-corrected chi connectivity index (χ3v) is 7.65. The van der Waals surface area contributed by atoms with E-state index in [4.69, 9.17) is 9.47 Å². The van der Waals surface area contributed by atoms with Crippen LogP contribution in [0.25, 0.3) is 0 Å². The molecule has 1 saturated heterocycles. The molecule has 0 aliphatic carbocycles. The standard InChI is InChI=1S/C31H44F2N4O7/c1-18(2)37(21-10-9-20(11-14-38)36(17-21)29(42)44-30(4,5)6)27(40)22-16-23-24(15-19(22)3)43-31(7,8)28(41)35(23)13-12-34-26(39)25(32)33/h14-16,18,20-21,25H,9-13,17H2,1-8H3,(H,34,39)/t20-,21-/m1/s1. The second-order valence-electron chi connectivity index (χ2n) is 13.0. The number of amides is 4. The summed E-state index contributed by atoms with van der Waals surface area (Å²) < 4.78 is 37.0. The van der Waals surface area contributed by atoms with Gasteiger partial charge in [-0.15, -0.1) is 0 Å². The van der Waals surface area contributed by atoms with Gasteiger partial charge in [0.1, 0.15) is 17.6 Å². The summed E-state index contributed by atoms with van der Waals surface area (Å²) in [5, 5.41) is 2.11. The van der Waals surface area contributed by atoms with Gasteiger partial charge < -0.3 is 34.3 Å². The Morgan fingerprint density at radius 3 is 2.43 bits per heavy atom. The van der Waals surface area contributed by atoms with Crippen LogP contribution in [-0.2, 0) is 19.1 Å². The third kappa shape index (κ3) is 7.84. The number of aldehydes is 1. The van der Waals surface area contributed by atoms with Gasteiger partial charge in [-0.05, 0) is 85.9 Å². The summed E-state index contributed by atoms with van der Waals surface area (Å²) in [6.45, 7) is 13.7. The fourth-order valence-corrected chi connectivity index (χ4v) is 5.63. The van der Waals surface area contributed by atoms with Gasteiger partial charge in [0.25, 0.3) is 17.7 Å². The lowest BCUT2D eigenvalue weighted by molar-refractivity contribution is -0.133. The molecule has 3 rings (SSSR count). The number of benzene rings is 1. The molecule has 0 saturated carbocycles. The number of carbonyl (C=O) groups excluding carboxylic acids is 5. The van der Waals surface area contributed by atoms with E-state index < -0.39 is 35.5 Å². The predicted octanol–water partition coefficient (Wildman–Crippen LogP) is 4.09. The number of anilines is 1. The number of nitrogens with zero attached hydrogens (tertiary/aromatic N) is 3. The topological polar surface area (TPSA) is 126 Å². The van der Waals surface area contributed by atoms with Crippen molar-refractivity contribution in [3.05, 3.63) is 23.3 Å². The summed E-state index contributed by atoms with van der Waals surface area (Å²) in [6, 6.07) is 2.20. The minimum Gasteiger partial charge on any atom is -0.476 e. The Morgan fingerprint density at radius 1 is 1.20 bits per heavy atom. The number of ether oxygens (including phenoxy) is 2. The van der Waals surface area contributed by atoms with Crippen molar-refractivity contribution in [1.29, 1.82) is 0 Å². The minimum atomic E-state index is -3.19. The first-order valence-corrected chi connectivity index (χ1v) is 14.8. The van der Waals surface area contributed by atoms with Crippen LogP contribution in [0.15, 0.2) is 12.1 Å². The lowest BCUT2D eigenvalue weighted by Crippen LogP contribution is -2.57. The Labute approximate surface area is 257 Å². The number of rotatable bonds is 9. The molecule has 0 spiro atoms. The molecule has 0 radical (unpaired) electrons. The maximum atomic E-state index is 14.2. The average Bonchev–Trinajstić information content (AvgIpc) is 2.90. The van der Waals surface area contributed by atoms with Crippen LogP contribution >= 0.6 is 0 Å². The van der Waals surface area contributed by atoms with E-state index in [0.717, 1.165) is 6.29 Å². The van der Waals surface area contributed by atoms with Gasteiger partial charge in [-0.25, -0.2) is 4.79 Å². The van der Waals surface area contributed by atoms with Gasteiger partial charge >= 0.3 is 12.5 Å². The van der Waals surface area contributed by atoms with E-state index in [2.05, 4.69) is 5.32 Å². The number of hydrogen-bond acceptors (Lipinski definition) is 7. The molecule has 1 aromatic carbocycles. The van der Waals surface area contributed by atoms with Crippen LogP contribution in [0.4, 0.5) is 19.3 Å². The smallest absolute Gasteiger partial charge is 0.410 e. The molecule has 2 atom stereocenters. The Balaban J connectivity index is 1.96. The number of piperidine rings is 1. The molecule has 2 heterocycles. The Hall–Kier alpha value is -3.77. The second-order valence-corrected chi connectivity index (χ2v) is 13.0. The van der Waals surface area contributed by atoms with Crippen molar-refractivity contribution in [2.75, 3.05) is 24.5 Å². The summed E-state index contributed by atoms with van der Waals surface area (Å²) >= 11 is 0. The van der Waals surface area contributed by atoms with Crippen molar-refractivity contribution >= 4 is 35.8 Å². The van der Waals surface area contributed by atoms with E-state index in [1.807, 2.05) is 13.8 Å². The van der Waals surface area contributed by atoms with Crippen molar-refractivity contribution in [3.63, 3.8) is 0 Å². The van der Waals surface area contributed by atoms with E-state index in [9.17, 15) is 32.8 Å². The van der Waals surface area contributed by atoms with Gasteiger partial charge in [-0.1, -0.05) is 0 Å². The highest BCUT2D eigenvalue weighted by molar-refractivity contribution is 6.05. The van der Waals surface area contributed by atoms with Gasteiger partial charge in [-0.2, -0.15) is 8.78 Å². The molecular weight excluding hydrogens is 578 g/mol. The van der Waals surface area contributed by atoms with Gasteiger partial charge in [0, 0.05) is 43.7 Å². The molecule has 0 unspecified atom stereocenters. The van der Waals surface area contributed by atoms with Crippen LogP contribution in [-0.4, -0.2) is 95.3 Å². The number of aryl methyl sites for hydroxylation is 1. The number of likely N-dealkylation sites (tertiary alicyclic amines) is 1. The van der Waals surface area contributed by atoms with Crippen LogP contribution < -0.4 is 15.0 Å². The Bertz CT molecular complexity index is 1280. The van der Waals surface area contributed by atoms with E-state index in [1.165, 1.54) is 9.80 Å². The van der Waals surface area contributed by atoms with E-state index in [0.29, 0.717) is 29.7 Å². The van der Waals surface area contributed by atoms with E-state index in [1.54, 1.807) is 58.6 Å². The number of hydrogen-bond donors (Lipinski definition) is 1. The number of nitrogens with one attached hydrogen (secondary N) is 1. The number of halogens is 2. The van der Waals surface area contributed by atoms with Gasteiger partial charge in [0.15, 0.2) is 5.60 Å². The van der Waals surface area contributed by atoms with Crippen molar-refractivity contribution in [2.45, 2.75) is 110 Å². The first-order chi connectivity index (χ1) is 20.4. The zero-order valence-electron chi connectivity index (χ0n) is 26.7. The molecular formula is C31H44F2N4O7. The predicted molar refractivity (Wildman–Crippen MR) is 159 cm³/mol. The number of alkyl halides is 2.